The van der Waals surface area contributed by atoms with Crippen LogP contribution in [0.1, 0.15) is 5.82 Å². The number of hydrogen-bond donors (Lipinski definition) is 2. The van der Waals surface area contributed by atoms with Gasteiger partial charge >= 0.3 is 0 Å². The van der Waals surface area contributed by atoms with Crippen LogP contribution in [0, 0.1) is 0 Å². The van der Waals surface area contributed by atoms with Crippen molar-refractivity contribution in [1.29, 1.82) is 0 Å². The summed E-state index contributed by atoms with van der Waals surface area (Å²) in [6.07, 6.45) is 3.82. The van der Waals surface area contributed by atoms with Crippen molar-refractivity contribution in [2.75, 3.05) is 6.54 Å². The fourth-order valence-electron chi connectivity index (χ4n) is 2.05. The normalized spacial score (nSPS) is 12.0. The highest BCUT2D eigenvalue weighted by Crippen LogP contribution is 2.19. The van der Waals surface area contributed by atoms with Gasteiger partial charge in [-0.3, -0.25) is 0 Å². The third-order valence-corrected chi connectivity index (χ3v) is 4.47. The van der Waals surface area contributed by atoms with Crippen LogP contribution < -0.4 is 4.72 Å². The van der Waals surface area contributed by atoms with Crippen molar-refractivity contribution in [3.63, 3.8) is 0 Å². The van der Waals surface area contributed by atoms with Gasteiger partial charge in [0.2, 0.25) is 10.0 Å². The van der Waals surface area contributed by atoms with Gasteiger partial charge in [0.1, 0.15) is 21.8 Å². The highest BCUT2D eigenvalue weighted by Gasteiger charge is 2.19. The van der Waals surface area contributed by atoms with Gasteiger partial charge < -0.3 is 4.98 Å². The number of aromatic amines is 1. The first kappa shape index (κ1) is 13.7. The lowest BCUT2D eigenvalue weighted by Crippen LogP contribution is -2.26. The van der Waals surface area contributed by atoms with Crippen LogP contribution in [0.4, 0.5) is 0 Å². The van der Waals surface area contributed by atoms with Gasteiger partial charge in [0.15, 0.2) is 0 Å². The standard InChI is InChI=1S/C12H14N6O2S/c1-18-16-9-3-2-4-10(12(9)17-18)21(19,20)15-6-5-11-13-7-8-14-11/h2-4,7-8,15H,5-6H2,1H3,(H,13,14). The number of benzene rings is 1. The lowest BCUT2D eigenvalue weighted by Gasteiger charge is -2.06. The molecule has 21 heavy (non-hydrogen) atoms. The largest absolute Gasteiger partial charge is 0.349 e. The number of hydrogen-bond acceptors (Lipinski definition) is 5. The second-order valence-corrected chi connectivity index (χ2v) is 6.23. The van der Waals surface area contributed by atoms with Crippen molar-refractivity contribution in [2.45, 2.75) is 11.3 Å². The molecule has 0 radical (unpaired) electrons. The average molecular weight is 306 g/mol. The molecule has 0 atom stereocenters. The maximum Gasteiger partial charge on any atom is 0.242 e. The predicted molar refractivity (Wildman–Crippen MR) is 76.0 cm³/mol. The molecule has 3 aromatic rings. The van der Waals surface area contributed by atoms with Crippen molar-refractivity contribution >= 4 is 21.1 Å². The Morgan fingerprint density at radius 1 is 1.33 bits per heavy atom. The number of aryl methyl sites for hydroxylation is 1. The summed E-state index contributed by atoms with van der Waals surface area (Å²) in [5, 5.41) is 8.21. The molecular formula is C12H14N6O2S. The second kappa shape index (κ2) is 5.26. The molecule has 0 unspecified atom stereocenters. The van der Waals surface area contributed by atoms with Crippen molar-refractivity contribution in [3.05, 3.63) is 36.4 Å². The summed E-state index contributed by atoms with van der Waals surface area (Å²) in [5.41, 5.74) is 0.914. The minimum atomic E-state index is -3.63. The van der Waals surface area contributed by atoms with E-state index in [0.717, 1.165) is 5.82 Å². The zero-order chi connectivity index (χ0) is 14.9. The fourth-order valence-corrected chi connectivity index (χ4v) is 3.23. The molecule has 0 spiro atoms. The van der Waals surface area contributed by atoms with E-state index >= 15 is 0 Å². The maximum absolute atomic E-state index is 12.4. The number of aromatic nitrogens is 5. The predicted octanol–water partition coefficient (Wildman–Crippen LogP) is 0.212. The molecule has 0 aliphatic rings. The van der Waals surface area contributed by atoms with Crippen molar-refractivity contribution < 1.29 is 8.42 Å². The quantitative estimate of drug-likeness (QED) is 0.701. The van der Waals surface area contributed by atoms with Crippen LogP contribution in [0.2, 0.25) is 0 Å². The first-order valence-electron chi connectivity index (χ1n) is 6.34. The molecule has 0 fully saturated rings. The molecule has 2 aromatic heterocycles. The molecule has 0 amide bonds. The maximum atomic E-state index is 12.4. The second-order valence-electron chi connectivity index (χ2n) is 4.50. The fraction of sp³-hybridized carbons (Fsp3) is 0.250. The number of nitrogens with zero attached hydrogens (tertiary/aromatic N) is 4. The minimum Gasteiger partial charge on any atom is -0.349 e. The topological polar surface area (TPSA) is 106 Å². The third-order valence-electron chi connectivity index (χ3n) is 2.97. The van der Waals surface area contributed by atoms with Crippen LogP contribution in [-0.2, 0) is 23.5 Å². The summed E-state index contributed by atoms with van der Waals surface area (Å²) in [6, 6.07) is 4.90. The molecule has 0 bridgehead atoms. The number of imidazole rings is 1. The summed E-state index contributed by atoms with van der Waals surface area (Å²) < 4.78 is 27.3. The van der Waals surface area contributed by atoms with Crippen LogP contribution in [-0.4, -0.2) is 39.9 Å². The van der Waals surface area contributed by atoms with Crippen LogP contribution in [0.3, 0.4) is 0 Å². The Hall–Kier alpha value is -2.26. The zero-order valence-electron chi connectivity index (χ0n) is 11.3. The SMILES string of the molecule is Cn1nc2cccc(S(=O)(=O)NCCc3ncc[nH]3)c2n1. The number of rotatable bonds is 5. The van der Waals surface area contributed by atoms with Gasteiger partial charge in [-0.25, -0.2) is 18.1 Å². The number of sulfonamides is 1. The molecule has 1 aromatic carbocycles. The van der Waals surface area contributed by atoms with Gasteiger partial charge in [0.25, 0.3) is 0 Å². The van der Waals surface area contributed by atoms with E-state index in [-0.39, 0.29) is 11.4 Å². The Morgan fingerprint density at radius 2 is 2.19 bits per heavy atom. The number of H-pyrrole nitrogens is 1. The van der Waals surface area contributed by atoms with E-state index in [1.54, 1.807) is 31.6 Å². The molecule has 110 valence electrons. The summed E-state index contributed by atoms with van der Waals surface area (Å²) in [6.45, 7) is 0.256. The van der Waals surface area contributed by atoms with Crippen LogP contribution in [0.15, 0.2) is 35.5 Å². The Balaban J connectivity index is 1.83. The Labute approximate surface area is 121 Å². The minimum absolute atomic E-state index is 0.132. The molecule has 0 aliphatic carbocycles. The molecule has 0 saturated heterocycles. The molecule has 0 aliphatic heterocycles. The number of fused-ring (bicyclic) bond motifs is 1. The van der Waals surface area contributed by atoms with E-state index < -0.39 is 10.0 Å². The lowest BCUT2D eigenvalue weighted by molar-refractivity contribution is 0.581. The molecule has 3 rings (SSSR count). The van der Waals surface area contributed by atoms with Crippen LogP contribution >= 0.6 is 0 Å². The highest BCUT2D eigenvalue weighted by molar-refractivity contribution is 7.89. The van der Waals surface area contributed by atoms with Gasteiger partial charge in [-0.05, 0) is 12.1 Å². The lowest BCUT2D eigenvalue weighted by atomic mass is 10.3. The smallest absolute Gasteiger partial charge is 0.242 e. The molecule has 0 saturated carbocycles. The van der Waals surface area contributed by atoms with Gasteiger partial charge in [0, 0.05) is 32.4 Å². The van der Waals surface area contributed by atoms with E-state index in [9.17, 15) is 8.42 Å². The first-order chi connectivity index (χ1) is 10.1. The molecule has 9 heteroatoms. The Morgan fingerprint density at radius 3 is 2.95 bits per heavy atom. The Bertz CT molecular complexity index is 853. The highest BCUT2D eigenvalue weighted by atomic mass is 32.2. The summed E-state index contributed by atoms with van der Waals surface area (Å²) in [5.74, 6) is 0.732. The molecule has 2 N–H and O–H groups in total. The van der Waals surface area contributed by atoms with E-state index in [2.05, 4.69) is 24.9 Å². The van der Waals surface area contributed by atoms with Crippen molar-refractivity contribution in [1.82, 2.24) is 29.7 Å². The zero-order valence-corrected chi connectivity index (χ0v) is 12.1. The Kier molecular flexibility index (Phi) is 3.43. The van der Waals surface area contributed by atoms with E-state index in [1.165, 1.54) is 10.9 Å². The van der Waals surface area contributed by atoms with E-state index in [4.69, 9.17) is 0 Å². The summed E-state index contributed by atoms with van der Waals surface area (Å²) >= 11 is 0. The van der Waals surface area contributed by atoms with Gasteiger partial charge in [-0.1, -0.05) is 6.07 Å². The summed E-state index contributed by atoms with van der Waals surface area (Å²) in [4.78, 5) is 8.46. The number of nitrogens with one attached hydrogen (secondary N) is 2. The van der Waals surface area contributed by atoms with E-state index in [1.807, 2.05) is 0 Å². The third kappa shape index (κ3) is 2.78. The molecular weight excluding hydrogens is 292 g/mol. The molecule has 2 heterocycles. The monoisotopic (exact) mass is 306 g/mol. The average Bonchev–Trinajstić information content (AvgIpc) is 3.05. The van der Waals surface area contributed by atoms with Crippen LogP contribution in [0.5, 0.6) is 0 Å². The summed E-state index contributed by atoms with van der Waals surface area (Å²) in [7, 11) is -1.98. The van der Waals surface area contributed by atoms with Crippen molar-refractivity contribution in [3.8, 4) is 0 Å². The van der Waals surface area contributed by atoms with Crippen LogP contribution in [0.25, 0.3) is 11.0 Å². The first-order valence-corrected chi connectivity index (χ1v) is 7.82. The van der Waals surface area contributed by atoms with Gasteiger partial charge in [0.05, 0.1) is 0 Å². The van der Waals surface area contributed by atoms with Crippen molar-refractivity contribution in [2.24, 2.45) is 7.05 Å². The van der Waals surface area contributed by atoms with Gasteiger partial charge in [-0.2, -0.15) is 15.0 Å². The van der Waals surface area contributed by atoms with E-state index in [0.29, 0.717) is 17.5 Å². The molecule has 8 nitrogen and oxygen atoms in total. The van der Waals surface area contributed by atoms with Gasteiger partial charge in [-0.15, -0.1) is 0 Å².